The van der Waals surface area contributed by atoms with Crippen LogP contribution in [0.3, 0.4) is 0 Å². The number of hydrogen-bond acceptors (Lipinski definition) is 5. The Morgan fingerprint density at radius 3 is 2.12 bits per heavy atom. The predicted molar refractivity (Wildman–Crippen MR) is 65.6 cm³/mol. The fourth-order valence-electron chi connectivity index (χ4n) is 1.29. The topological polar surface area (TPSA) is 69.7 Å². The molecule has 0 heterocycles. The minimum atomic E-state index is -3.53. The summed E-state index contributed by atoms with van der Waals surface area (Å²) >= 11 is 0. The third-order valence-corrected chi connectivity index (χ3v) is 6.86. The van der Waals surface area contributed by atoms with Crippen molar-refractivity contribution in [3.63, 3.8) is 0 Å². The lowest BCUT2D eigenvalue weighted by Crippen LogP contribution is -2.11. The van der Waals surface area contributed by atoms with E-state index in [1.54, 1.807) is 30.3 Å². The van der Waals surface area contributed by atoms with Gasteiger partial charge in [-0.15, -0.1) is 0 Å². The number of sulfone groups is 1. The van der Waals surface area contributed by atoms with Gasteiger partial charge in [-0.2, -0.15) is 0 Å². The fraction of sp³-hybridized carbons (Fsp3) is 0.400. The number of rotatable bonds is 6. The SMILES string of the molecule is COP(=O)(CS(=O)(=O)Cc1ccccc1)OC. The quantitative estimate of drug-likeness (QED) is 0.745. The summed E-state index contributed by atoms with van der Waals surface area (Å²) in [6.45, 7) is 0. The minimum Gasteiger partial charge on any atom is -0.311 e. The van der Waals surface area contributed by atoms with Crippen molar-refractivity contribution in [1.29, 1.82) is 0 Å². The summed E-state index contributed by atoms with van der Waals surface area (Å²) in [4.78, 5) is 0. The van der Waals surface area contributed by atoms with Crippen LogP contribution in [0.15, 0.2) is 30.3 Å². The van der Waals surface area contributed by atoms with Gasteiger partial charge in [-0.3, -0.25) is 4.57 Å². The molecule has 5 nitrogen and oxygen atoms in total. The maximum atomic E-state index is 11.8. The lowest BCUT2D eigenvalue weighted by molar-refractivity contribution is 0.280. The second kappa shape index (κ2) is 5.78. The largest absolute Gasteiger partial charge is 0.345 e. The highest BCUT2D eigenvalue weighted by atomic mass is 32.2. The molecule has 1 aromatic carbocycles. The van der Waals surface area contributed by atoms with Crippen LogP contribution in [0, 0.1) is 0 Å². The molecule has 0 bridgehead atoms. The first-order chi connectivity index (χ1) is 7.91. The Balaban J connectivity index is 2.81. The van der Waals surface area contributed by atoms with Gasteiger partial charge >= 0.3 is 7.60 Å². The first kappa shape index (κ1) is 14.4. The molecule has 96 valence electrons. The Kier molecular flexibility index (Phi) is 4.89. The molecular weight excluding hydrogens is 263 g/mol. The van der Waals surface area contributed by atoms with E-state index in [1.807, 2.05) is 0 Å². The molecule has 7 heteroatoms. The van der Waals surface area contributed by atoms with Gasteiger partial charge < -0.3 is 9.05 Å². The van der Waals surface area contributed by atoms with Gasteiger partial charge in [-0.1, -0.05) is 30.3 Å². The summed E-state index contributed by atoms with van der Waals surface area (Å²) in [6.07, 6.45) is 0. The maximum Gasteiger partial charge on any atom is 0.345 e. The average molecular weight is 278 g/mol. The van der Waals surface area contributed by atoms with Gasteiger partial charge in [0.25, 0.3) is 0 Å². The molecule has 0 aliphatic heterocycles. The van der Waals surface area contributed by atoms with Crippen LogP contribution in [0.4, 0.5) is 0 Å². The van der Waals surface area contributed by atoms with Crippen molar-refractivity contribution in [3.05, 3.63) is 35.9 Å². The summed E-state index contributed by atoms with van der Waals surface area (Å²) in [7, 11) is -4.72. The van der Waals surface area contributed by atoms with Crippen molar-refractivity contribution >= 4 is 17.4 Å². The fourth-order valence-corrected chi connectivity index (χ4v) is 5.28. The lowest BCUT2D eigenvalue weighted by Gasteiger charge is -2.13. The molecule has 0 spiro atoms. The number of benzene rings is 1. The molecule has 17 heavy (non-hydrogen) atoms. The zero-order valence-corrected chi connectivity index (χ0v) is 11.4. The van der Waals surface area contributed by atoms with Crippen molar-refractivity contribution in [3.8, 4) is 0 Å². The lowest BCUT2D eigenvalue weighted by atomic mass is 10.2. The second-order valence-electron chi connectivity index (χ2n) is 3.48. The molecular formula is C10H15O5PS. The summed E-state index contributed by atoms with van der Waals surface area (Å²) < 4.78 is 44.6. The molecule has 1 rings (SSSR count). The van der Waals surface area contributed by atoms with E-state index in [9.17, 15) is 13.0 Å². The van der Waals surface area contributed by atoms with Crippen LogP contribution < -0.4 is 0 Å². The summed E-state index contributed by atoms with van der Waals surface area (Å²) in [5, 5.41) is 0. The van der Waals surface area contributed by atoms with Gasteiger partial charge in [0.05, 0.1) is 5.75 Å². The van der Waals surface area contributed by atoms with Crippen LogP contribution in [0.25, 0.3) is 0 Å². The van der Waals surface area contributed by atoms with Gasteiger partial charge in [-0.25, -0.2) is 8.42 Å². The van der Waals surface area contributed by atoms with Crippen molar-refractivity contribution in [2.24, 2.45) is 0 Å². The van der Waals surface area contributed by atoms with E-state index in [2.05, 4.69) is 9.05 Å². The van der Waals surface area contributed by atoms with Gasteiger partial charge in [0.2, 0.25) is 0 Å². The van der Waals surface area contributed by atoms with Crippen molar-refractivity contribution < 1.29 is 22.0 Å². The van der Waals surface area contributed by atoms with Crippen molar-refractivity contribution in [1.82, 2.24) is 0 Å². The van der Waals surface area contributed by atoms with Gasteiger partial charge in [-0.05, 0) is 5.56 Å². The monoisotopic (exact) mass is 278 g/mol. The van der Waals surface area contributed by atoms with E-state index in [0.29, 0.717) is 5.56 Å². The van der Waals surface area contributed by atoms with Gasteiger partial charge in [0.1, 0.15) is 0 Å². The first-order valence-corrected chi connectivity index (χ1v) is 8.40. The van der Waals surface area contributed by atoms with Crippen LogP contribution in [0.2, 0.25) is 0 Å². The van der Waals surface area contributed by atoms with Gasteiger partial charge in [0.15, 0.2) is 15.3 Å². The predicted octanol–water partition coefficient (Wildman–Crippen LogP) is 2.04. The Morgan fingerprint density at radius 1 is 1.12 bits per heavy atom. The highest BCUT2D eigenvalue weighted by Gasteiger charge is 2.29. The summed E-state index contributed by atoms with van der Waals surface area (Å²) in [6, 6.07) is 8.68. The molecule has 1 aromatic rings. The zero-order chi connectivity index (χ0) is 12.9. The standard InChI is InChI=1S/C10H15O5PS/c1-14-16(11,15-2)9-17(12,13)8-10-6-4-3-5-7-10/h3-7H,8-9H2,1-2H3. The summed E-state index contributed by atoms with van der Waals surface area (Å²) in [5.41, 5.74) is 0.0354. The normalized spacial score (nSPS) is 12.6. The third kappa shape index (κ3) is 4.60. The Hall–Kier alpha value is -0.680. The van der Waals surface area contributed by atoms with Crippen LogP contribution in [0.1, 0.15) is 5.56 Å². The molecule has 0 unspecified atom stereocenters. The van der Waals surface area contributed by atoms with Crippen LogP contribution in [-0.2, 0) is 29.2 Å². The molecule has 0 amide bonds. The van der Waals surface area contributed by atoms with E-state index >= 15 is 0 Å². The molecule has 0 N–H and O–H groups in total. The zero-order valence-electron chi connectivity index (χ0n) is 9.70. The maximum absolute atomic E-state index is 11.8. The molecule has 0 aromatic heterocycles. The third-order valence-electron chi connectivity index (χ3n) is 2.14. The van der Waals surface area contributed by atoms with E-state index in [-0.39, 0.29) is 5.75 Å². The Bertz CT molecular complexity index is 489. The highest BCUT2D eigenvalue weighted by molar-refractivity contribution is 7.97. The van der Waals surface area contributed by atoms with Crippen LogP contribution >= 0.6 is 7.60 Å². The molecule has 0 atom stereocenters. The van der Waals surface area contributed by atoms with Crippen LogP contribution in [0.5, 0.6) is 0 Å². The van der Waals surface area contributed by atoms with Gasteiger partial charge in [0, 0.05) is 14.2 Å². The number of hydrogen-bond donors (Lipinski definition) is 0. The highest BCUT2D eigenvalue weighted by Crippen LogP contribution is 2.47. The van der Waals surface area contributed by atoms with Crippen molar-refractivity contribution in [2.75, 3.05) is 19.7 Å². The van der Waals surface area contributed by atoms with E-state index < -0.39 is 22.9 Å². The second-order valence-corrected chi connectivity index (χ2v) is 8.24. The first-order valence-electron chi connectivity index (χ1n) is 4.86. The van der Waals surface area contributed by atoms with E-state index in [1.165, 1.54) is 14.2 Å². The van der Waals surface area contributed by atoms with E-state index in [4.69, 9.17) is 0 Å². The Morgan fingerprint density at radius 2 is 1.65 bits per heavy atom. The molecule has 0 aliphatic carbocycles. The van der Waals surface area contributed by atoms with E-state index in [0.717, 1.165) is 0 Å². The molecule has 0 saturated carbocycles. The Labute approximate surface area is 101 Å². The molecule has 0 saturated heterocycles. The molecule has 0 fully saturated rings. The van der Waals surface area contributed by atoms with Crippen LogP contribution in [-0.4, -0.2) is 28.1 Å². The molecule has 0 aliphatic rings. The van der Waals surface area contributed by atoms with Crippen molar-refractivity contribution in [2.45, 2.75) is 5.75 Å². The minimum absolute atomic E-state index is 0.176. The summed E-state index contributed by atoms with van der Waals surface area (Å²) in [5.74, 6) is -0.176. The average Bonchev–Trinajstić information content (AvgIpc) is 2.29. The smallest absolute Gasteiger partial charge is 0.311 e. The molecule has 0 radical (unpaired) electrons.